The van der Waals surface area contributed by atoms with E-state index in [-0.39, 0.29) is 56.5 Å². The van der Waals surface area contributed by atoms with Crippen molar-refractivity contribution in [2.24, 2.45) is 17.4 Å². The molecule has 302 valence electrons. The summed E-state index contributed by atoms with van der Waals surface area (Å²) in [5.74, 6) is -5.19. The van der Waals surface area contributed by atoms with Crippen LogP contribution in [-0.2, 0) is 65.9 Å². The Hall–Kier alpha value is -6.53. The molecule has 0 radical (unpaired) electrons. The molecule has 4 atom stereocenters. The van der Waals surface area contributed by atoms with Gasteiger partial charge in [0.25, 0.3) is 5.56 Å². The molecule has 0 fully saturated rings. The Balaban J connectivity index is 1.13. The molecule has 0 saturated heterocycles. The van der Waals surface area contributed by atoms with Crippen LogP contribution in [0.15, 0.2) is 47.3 Å². The van der Waals surface area contributed by atoms with E-state index in [4.69, 9.17) is 21.2 Å². The molecule has 0 saturated carbocycles. The summed E-state index contributed by atoms with van der Waals surface area (Å²) < 4.78 is 22.1. The summed E-state index contributed by atoms with van der Waals surface area (Å²) in [6, 6.07) is 9.69. The molecule has 2 aromatic carbocycles. The number of fused-ring (bicyclic) bond motifs is 5. The molecule has 2 aromatic heterocycles. The van der Waals surface area contributed by atoms with Gasteiger partial charge in [0.2, 0.25) is 29.5 Å². The number of carbonyl (C=O) groups excluding carboxylic acids is 6. The van der Waals surface area contributed by atoms with Crippen LogP contribution in [0.25, 0.3) is 22.3 Å². The van der Waals surface area contributed by atoms with Crippen molar-refractivity contribution in [3.8, 4) is 11.4 Å². The molecule has 1 aliphatic carbocycles. The summed E-state index contributed by atoms with van der Waals surface area (Å²) in [6.07, 6.45) is -1.38. The number of primary amides is 1. The first-order valence-corrected chi connectivity index (χ1v) is 18.6. The zero-order valence-electron chi connectivity index (χ0n) is 31.4. The average Bonchev–Trinajstić information content (AvgIpc) is 3.58. The van der Waals surface area contributed by atoms with Crippen molar-refractivity contribution in [2.75, 3.05) is 19.6 Å². The molecule has 5 amide bonds. The van der Waals surface area contributed by atoms with Crippen molar-refractivity contribution in [3.05, 3.63) is 97.6 Å². The van der Waals surface area contributed by atoms with E-state index in [2.05, 4.69) is 21.3 Å². The highest BCUT2D eigenvalue weighted by Gasteiger charge is 2.38. The second-order valence-electron chi connectivity index (χ2n) is 14.7. The molecule has 9 N–H and O–H groups in total. The maximum Gasteiger partial charge on any atom is 0.340 e. The lowest BCUT2D eigenvalue weighted by Gasteiger charge is -2.33. The first kappa shape index (κ1) is 39.7. The molecule has 58 heavy (non-hydrogen) atoms. The van der Waals surface area contributed by atoms with E-state index in [1.807, 2.05) is 0 Å². The zero-order chi connectivity index (χ0) is 41.4. The van der Waals surface area contributed by atoms with Crippen LogP contribution in [0.1, 0.15) is 51.5 Å². The molecule has 2 unspecified atom stereocenters. The van der Waals surface area contributed by atoms with Gasteiger partial charge in [-0.25, -0.2) is 14.2 Å². The lowest BCUT2D eigenvalue weighted by Crippen LogP contribution is -2.53. The van der Waals surface area contributed by atoms with Gasteiger partial charge in [0, 0.05) is 41.5 Å². The highest BCUT2D eigenvalue weighted by atomic mass is 19.1. The quantitative estimate of drug-likeness (QED) is 0.0708. The van der Waals surface area contributed by atoms with Crippen LogP contribution in [0, 0.1) is 18.7 Å². The molecular weight excluding hydrogens is 755 g/mol. The number of aromatic nitrogens is 2. The summed E-state index contributed by atoms with van der Waals surface area (Å²) in [7, 11) is 0. The SMILES string of the molecule is Cc1c(F)cc2nc3c(c4c2c1CC(C(CC(N)=O)NC(=O)CNC(=O)[C@H](Cc1ccccc1)NC(=O)CNC(=O)CN)C4)Cn1c-3cc2c(c1=O)COC(=O)[C@H]2O. The predicted octanol–water partition coefficient (Wildman–Crippen LogP) is -1.04. The number of cyclic esters (lactones) is 1. The van der Waals surface area contributed by atoms with Gasteiger partial charge in [-0.1, -0.05) is 30.3 Å². The zero-order valence-corrected chi connectivity index (χ0v) is 31.4. The van der Waals surface area contributed by atoms with Crippen molar-refractivity contribution in [3.63, 3.8) is 0 Å². The largest absolute Gasteiger partial charge is 0.458 e. The van der Waals surface area contributed by atoms with Crippen molar-refractivity contribution in [2.45, 2.75) is 63.9 Å². The van der Waals surface area contributed by atoms with Crippen LogP contribution in [0.5, 0.6) is 0 Å². The summed E-state index contributed by atoms with van der Waals surface area (Å²) in [6.45, 7) is 0.130. The van der Waals surface area contributed by atoms with Crippen LogP contribution >= 0.6 is 0 Å². The third-order valence-corrected chi connectivity index (χ3v) is 10.9. The molecule has 2 aliphatic heterocycles. The minimum atomic E-state index is -1.66. The molecule has 0 spiro atoms. The van der Waals surface area contributed by atoms with E-state index in [0.717, 1.165) is 11.1 Å². The van der Waals surface area contributed by atoms with Crippen molar-refractivity contribution < 1.29 is 43.0 Å². The van der Waals surface area contributed by atoms with Gasteiger partial charge < -0.3 is 47.1 Å². The van der Waals surface area contributed by atoms with E-state index in [9.17, 15) is 38.7 Å². The Morgan fingerprint density at radius 3 is 2.40 bits per heavy atom. The highest BCUT2D eigenvalue weighted by Crippen LogP contribution is 2.44. The number of nitrogens with two attached hydrogens (primary N) is 2. The molecule has 4 heterocycles. The van der Waals surface area contributed by atoms with Gasteiger partial charge in [0.15, 0.2) is 6.10 Å². The highest BCUT2D eigenvalue weighted by molar-refractivity contribution is 5.94. The number of rotatable bonds is 13. The minimum Gasteiger partial charge on any atom is -0.458 e. The number of carbonyl (C=O) groups is 6. The average molecular weight is 797 g/mol. The smallest absolute Gasteiger partial charge is 0.340 e. The monoisotopic (exact) mass is 796 g/mol. The number of hydrogen-bond acceptors (Lipinski definition) is 11. The number of amides is 5. The molecule has 18 heteroatoms. The Labute approximate surface area is 329 Å². The van der Waals surface area contributed by atoms with Crippen molar-refractivity contribution >= 4 is 46.4 Å². The number of pyridine rings is 2. The summed E-state index contributed by atoms with van der Waals surface area (Å²) in [5.41, 5.74) is 14.9. The molecule has 17 nitrogen and oxygen atoms in total. The summed E-state index contributed by atoms with van der Waals surface area (Å²) in [4.78, 5) is 94.2. The van der Waals surface area contributed by atoms with Gasteiger partial charge in [-0.15, -0.1) is 0 Å². The standard InChI is InChI=1S/C40H41FN8O9/c1-18-21-8-20(9-22-24-16-49-30(36(24)48-28(35(21)22)11-26(18)41)10-23-25(39(49)56)17-58-40(57)37(23)54)27(12-31(43)50)46-34(53)15-45-38(55)29(7-19-5-3-2-4-6-19)47-33(52)14-44-32(51)13-42/h2-6,10-11,20,27,29,37,54H,7-9,12-17,42H2,1H3,(H2,43,50)(H,44,51)(H,45,55)(H,46,53)(H,47,52)/t20?,27?,29-,37-/m0/s1. The Kier molecular flexibility index (Phi) is 11.0. The van der Waals surface area contributed by atoms with Gasteiger partial charge in [-0.3, -0.25) is 28.8 Å². The third kappa shape index (κ3) is 7.75. The van der Waals surface area contributed by atoms with Crippen LogP contribution < -0.4 is 38.3 Å². The maximum absolute atomic E-state index is 15.6. The second-order valence-corrected chi connectivity index (χ2v) is 14.7. The van der Waals surface area contributed by atoms with Crippen LogP contribution in [0.2, 0.25) is 0 Å². The first-order valence-electron chi connectivity index (χ1n) is 18.6. The predicted molar refractivity (Wildman–Crippen MR) is 204 cm³/mol. The molecule has 7 rings (SSSR count). The molecule has 3 aliphatic rings. The Bertz CT molecular complexity index is 2450. The van der Waals surface area contributed by atoms with Gasteiger partial charge in [-0.2, -0.15) is 0 Å². The van der Waals surface area contributed by atoms with E-state index < -0.39 is 84.1 Å². The van der Waals surface area contributed by atoms with Gasteiger partial charge in [0.05, 0.1) is 48.6 Å². The normalized spacial score (nSPS) is 17.2. The van der Waals surface area contributed by atoms with Crippen molar-refractivity contribution in [1.29, 1.82) is 0 Å². The van der Waals surface area contributed by atoms with Crippen LogP contribution in [-0.4, -0.2) is 81.9 Å². The molecule has 0 bridgehead atoms. The van der Waals surface area contributed by atoms with Gasteiger partial charge >= 0.3 is 5.97 Å². The summed E-state index contributed by atoms with van der Waals surface area (Å²) >= 11 is 0. The number of halogens is 1. The lowest BCUT2D eigenvalue weighted by molar-refractivity contribution is -0.157. The maximum atomic E-state index is 15.6. The molecule has 4 aromatic rings. The van der Waals surface area contributed by atoms with E-state index in [1.54, 1.807) is 37.3 Å². The Morgan fingerprint density at radius 2 is 1.67 bits per heavy atom. The summed E-state index contributed by atoms with van der Waals surface area (Å²) in [5, 5.41) is 21.6. The lowest BCUT2D eigenvalue weighted by atomic mass is 9.75. The fourth-order valence-electron chi connectivity index (χ4n) is 8.05. The number of esters is 1. The van der Waals surface area contributed by atoms with Crippen LogP contribution in [0.3, 0.4) is 0 Å². The first-order chi connectivity index (χ1) is 27.7. The minimum absolute atomic E-state index is 0.0718. The Morgan fingerprint density at radius 1 is 0.966 bits per heavy atom. The number of nitrogens with one attached hydrogen (secondary N) is 4. The second kappa shape index (κ2) is 16.1. The number of ether oxygens (including phenoxy) is 1. The van der Waals surface area contributed by atoms with E-state index in [0.29, 0.717) is 39.0 Å². The van der Waals surface area contributed by atoms with E-state index in [1.165, 1.54) is 16.7 Å². The number of aliphatic hydroxyl groups excluding tert-OH is 1. The number of benzene rings is 2. The fraction of sp³-hybridized carbons (Fsp3) is 0.350. The van der Waals surface area contributed by atoms with E-state index >= 15 is 4.39 Å². The van der Waals surface area contributed by atoms with Gasteiger partial charge in [0.1, 0.15) is 18.5 Å². The third-order valence-electron chi connectivity index (χ3n) is 10.9. The topological polar surface area (TPSA) is 267 Å². The van der Waals surface area contributed by atoms with Crippen LogP contribution in [0.4, 0.5) is 4.39 Å². The number of nitrogens with zero attached hydrogens (tertiary/aromatic N) is 2. The van der Waals surface area contributed by atoms with Crippen molar-refractivity contribution in [1.82, 2.24) is 30.8 Å². The molecular formula is C40H41FN8O9. The number of aliphatic hydroxyl groups is 1. The number of hydrogen-bond donors (Lipinski definition) is 7. The fourth-order valence-corrected chi connectivity index (χ4v) is 8.05. The van der Waals surface area contributed by atoms with Gasteiger partial charge in [-0.05, 0) is 54.0 Å².